The molecule has 62 valence electrons. The Morgan fingerprint density at radius 2 is 2.09 bits per heavy atom. The lowest BCUT2D eigenvalue weighted by Gasteiger charge is -2.05. The lowest BCUT2D eigenvalue weighted by Crippen LogP contribution is -2.01. The molecule has 0 saturated carbocycles. The number of hydrogen-bond donors (Lipinski definition) is 0. The maximum atomic E-state index is 13.0. The van der Waals surface area contributed by atoms with Crippen LogP contribution in [0.15, 0.2) is 23.0 Å². The molecule has 0 nitrogen and oxygen atoms in total. The Bertz CT molecular complexity index is 214. The van der Waals surface area contributed by atoms with Gasteiger partial charge in [0.1, 0.15) is 12.0 Å². The molecular formula is C9H12F2. The van der Waals surface area contributed by atoms with Crippen molar-refractivity contribution in [3.63, 3.8) is 0 Å². The fourth-order valence-electron chi connectivity index (χ4n) is 1.11. The van der Waals surface area contributed by atoms with Crippen molar-refractivity contribution < 1.29 is 8.78 Å². The molecule has 0 aromatic rings. The summed E-state index contributed by atoms with van der Waals surface area (Å²) < 4.78 is 25.9. The summed E-state index contributed by atoms with van der Waals surface area (Å²) >= 11 is 0. The van der Waals surface area contributed by atoms with Crippen LogP contribution < -0.4 is 0 Å². The van der Waals surface area contributed by atoms with Crippen molar-refractivity contribution >= 4 is 0 Å². The third-order valence-corrected chi connectivity index (χ3v) is 2.03. The summed E-state index contributed by atoms with van der Waals surface area (Å²) in [5, 5.41) is 0. The molecule has 0 fully saturated rings. The van der Waals surface area contributed by atoms with Crippen LogP contribution in [-0.4, -0.2) is 6.17 Å². The summed E-state index contributed by atoms with van der Waals surface area (Å²) in [7, 11) is 0. The lowest BCUT2D eigenvalue weighted by atomic mass is 10.1. The number of allylic oxidation sites excluding steroid dienone is 4. The molecule has 0 heterocycles. The van der Waals surface area contributed by atoms with Gasteiger partial charge in [0.15, 0.2) is 0 Å². The summed E-state index contributed by atoms with van der Waals surface area (Å²) in [5.74, 6) is -0.311. The van der Waals surface area contributed by atoms with Crippen LogP contribution in [0.4, 0.5) is 8.78 Å². The quantitative estimate of drug-likeness (QED) is 0.474. The number of hydrogen-bond acceptors (Lipinski definition) is 0. The molecule has 2 heteroatoms. The van der Waals surface area contributed by atoms with Gasteiger partial charge in [-0.3, -0.25) is 0 Å². The third-order valence-electron chi connectivity index (χ3n) is 2.03. The van der Waals surface area contributed by atoms with Gasteiger partial charge in [-0.15, -0.1) is 0 Å². The largest absolute Gasteiger partial charge is 0.242 e. The van der Waals surface area contributed by atoms with Crippen molar-refractivity contribution in [1.82, 2.24) is 0 Å². The van der Waals surface area contributed by atoms with E-state index in [1.165, 1.54) is 6.92 Å². The zero-order valence-electron chi connectivity index (χ0n) is 6.82. The van der Waals surface area contributed by atoms with Gasteiger partial charge in [-0.1, -0.05) is 11.6 Å². The van der Waals surface area contributed by atoms with Crippen LogP contribution in [0, 0.1) is 0 Å². The second-order valence-electron chi connectivity index (χ2n) is 3.01. The summed E-state index contributed by atoms with van der Waals surface area (Å²) in [4.78, 5) is 0. The first-order valence-corrected chi connectivity index (χ1v) is 3.76. The highest BCUT2D eigenvalue weighted by Crippen LogP contribution is 2.25. The average molecular weight is 158 g/mol. The smallest absolute Gasteiger partial charge is 0.127 e. The molecule has 0 aliphatic heterocycles. The second-order valence-corrected chi connectivity index (χ2v) is 3.01. The molecule has 1 rings (SSSR count). The Labute approximate surface area is 65.6 Å². The summed E-state index contributed by atoms with van der Waals surface area (Å²) in [6.45, 7) is 3.35. The van der Waals surface area contributed by atoms with E-state index in [2.05, 4.69) is 0 Å². The van der Waals surface area contributed by atoms with Crippen LogP contribution >= 0.6 is 0 Å². The van der Waals surface area contributed by atoms with E-state index in [9.17, 15) is 8.78 Å². The molecule has 1 atom stereocenters. The van der Waals surface area contributed by atoms with E-state index in [4.69, 9.17) is 0 Å². The second kappa shape index (κ2) is 3.16. The van der Waals surface area contributed by atoms with Crippen molar-refractivity contribution in [2.75, 3.05) is 0 Å². The standard InChI is InChI=1S/C9H12F2/c1-6-3-4-8(10)7(2)9(11)5-6/h3,9H,4-5H2,1-2H3. The molecule has 11 heavy (non-hydrogen) atoms. The van der Waals surface area contributed by atoms with Gasteiger partial charge in [-0.2, -0.15) is 0 Å². The van der Waals surface area contributed by atoms with Crippen LogP contribution in [0.3, 0.4) is 0 Å². The molecule has 0 N–H and O–H groups in total. The topological polar surface area (TPSA) is 0 Å². The van der Waals surface area contributed by atoms with Crippen molar-refractivity contribution in [1.29, 1.82) is 0 Å². The fraction of sp³-hybridized carbons (Fsp3) is 0.556. The minimum absolute atomic E-state index is 0.262. The molecule has 0 saturated heterocycles. The van der Waals surface area contributed by atoms with E-state index in [0.29, 0.717) is 6.42 Å². The molecule has 0 spiro atoms. The predicted molar refractivity (Wildman–Crippen MR) is 41.7 cm³/mol. The zero-order chi connectivity index (χ0) is 8.43. The van der Waals surface area contributed by atoms with Crippen LogP contribution in [0.2, 0.25) is 0 Å². The van der Waals surface area contributed by atoms with Gasteiger partial charge >= 0.3 is 0 Å². The Morgan fingerprint density at radius 1 is 1.45 bits per heavy atom. The first-order valence-electron chi connectivity index (χ1n) is 3.76. The molecule has 0 bridgehead atoms. The maximum Gasteiger partial charge on any atom is 0.127 e. The predicted octanol–water partition coefficient (Wildman–Crippen LogP) is 3.31. The van der Waals surface area contributed by atoms with E-state index in [-0.39, 0.29) is 17.8 Å². The molecule has 0 amide bonds. The highest BCUT2D eigenvalue weighted by Gasteiger charge is 2.16. The van der Waals surface area contributed by atoms with Gasteiger partial charge in [-0.25, -0.2) is 8.78 Å². The first-order chi connectivity index (χ1) is 5.11. The van der Waals surface area contributed by atoms with E-state index >= 15 is 0 Å². The van der Waals surface area contributed by atoms with Gasteiger partial charge in [0.2, 0.25) is 0 Å². The summed E-state index contributed by atoms with van der Waals surface area (Å²) in [6, 6.07) is 0. The minimum Gasteiger partial charge on any atom is -0.242 e. The van der Waals surface area contributed by atoms with Gasteiger partial charge < -0.3 is 0 Å². The highest BCUT2D eigenvalue weighted by atomic mass is 19.1. The van der Waals surface area contributed by atoms with Crippen LogP contribution in [0.5, 0.6) is 0 Å². The van der Waals surface area contributed by atoms with E-state index in [1.807, 2.05) is 6.92 Å². The Morgan fingerprint density at radius 3 is 2.73 bits per heavy atom. The zero-order valence-corrected chi connectivity index (χ0v) is 6.82. The van der Waals surface area contributed by atoms with Crippen molar-refractivity contribution in [3.05, 3.63) is 23.0 Å². The Kier molecular flexibility index (Phi) is 2.42. The van der Waals surface area contributed by atoms with Gasteiger partial charge in [0.05, 0.1) is 0 Å². The molecule has 1 aliphatic carbocycles. The Balaban J connectivity index is 2.84. The number of halogens is 2. The van der Waals surface area contributed by atoms with E-state index < -0.39 is 6.17 Å². The molecular weight excluding hydrogens is 146 g/mol. The number of rotatable bonds is 0. The van der Waals surface area contributed by atoms with Gasteiger partial charge in [0, 0.05) is 12.8 Å². The maximum absolute atomic E-state index is 13.0. The first kappa shape index (κ1) is 8.44. The molecule has 0 aromatic carbocycles. The lowest BCUT2D eigenvalue weighted by molar-refractivity contribution is 0.371. The highest BCUT2D eigenvalue weighted by molar-refractivity contribution is 5.21. The molecule has 0 aromatic heterocycles. The van der Waals surface area contributed by atoms with Crippen molar-refractivity contribution in [2.45, 2.75) is 32.9 Å². The van der Waals surface area contributed by atoms with Crippen LogP contribution in [-0.2, 0) is 0 Å². The summed E-state index contributed by atoms with van der Waals surface area (Å²) in [6.07, 6.45) is 1.24. The SMILES string of the molecule is CC1=CCC(F)=C(C)C(F)C1. The van der Waals surface area contributed by atoms with Gasteiger partial charge in [-0.05, 0) is 19.4 Å². The van der Waals surface area contributed by atoms with Crippen LogP contribution in [0.1, 0.15) is 26.7 Å². The number of alkyl halides is 1. The van der Waals surface area contributed by atoms with Crippen molar-refractivity contribution in [3.8, 4) is 0 Å². The summed E-state index contributed by atoms with van der Waals surface area (Å²) in [5.41, 5.74) is 1.20. The van der Waals surface area contributed by atoms with Crippen molar-refractivity contribution in [2.24, 2.45) is 0 Å². The third kappa shape index (κ3) is 1.88. The van der Waals surface area contributed by atoms with Crippen LogP contribution in [0.25, 0.3) is 0 Å². The normalized spacial score (nSPS) is 26.5. The average Bonchev–Trinajstić information content (AvgIpc) is 2.05. The Hall–Kier alpha value is -0.660. The fourth-order valence-corrected chi connectivity index (χ4v) is 1.11. The molecule has 0 radical (unpaired) electrons. The monoisotopic (exact) mass is 158 g/mol. The molecule has 1 unspecified atom stereocenters. The minimum atomic E-state index is -1.12. The van der Waals surface area contributed by atoms with E-state index in [0.717, 1.165) is 5.57 Å². The van der Waals surface area contributed by atoms with Gasteiger partial charge in [0.25, 0.3) is 0 Å². The molecule has 1 aliphatic rings. The van der Waals surface area contributed by atoms with E-state index in [1.54, 1.807) is 6.08 Å².